The molecule has 28 heavy (non-hydrogen) atoms. The molecule has 6 heteroatoms. The predicted octanol–water partition coefficient (Wildman–Crippen LogP) is 5.11. The van der Waals surface area contributed by atoms with Crippen LogP contribution >= 0.6 is 0 Å². The number of halogens is 2. The van der Waals surface area contributed by atoms with E-state index in [2.05, 4.69) is 5.32 Å². The van der Waals surface area contributed by atoms with Crippen molar-refractivity contribution in [2.45, 2.75) is 33.2 Å². The van der Waals surface area contributed by atoms with Crippen LogP contribution in [0.25, 0.3) is 0 Å². The second kappa shape index (κ2) is 9.14. The molecule has 1 aromatic carbocycles. The minimum atomic E-state index is -2.62. The number of benzene rings is 1. The maximum atomic E-state index is 12.9. The van der Waals surface area contributed by atoms with Crippen LogP contribution in [0.4, 0.5) is 14.5 Å². The molecule has 0 saturated carbocycles. The highest BCUT2D eigenvalue weighted by molar-refractivity contribution is 5.59. The number of anilines is 1. The maximum Gasteiger partial charge on any atom is 0.263 e. The Kier molecular flexibility index (Phi) is 6.89. The normalized spacial score (nSPS) is 11.5. The first-order valence-corrected chi connectivity index (χ1v) is 8.83. The number of nitriles is 1. The Balaban J connectivity index is 2.47. The molecule has 0 aliphatic heterocycles. The van der Waals surface area contributed by atoms with Gasteiger partial charge in [0.25, 0.3) is 12.0 Å². The fourth-order valence-corrected chi connectivity index (χ4v) is 2.89. The molecule has 0 aliphatic rings. The zero-order chi connectivity index (χ0) is 20.8. The van der Waals surface area contributed by atoms with Crippen molar-refractivity contribution in [3.05, 3.63) is 86.8 Å². The van der Waals surface area contributed by atoms with Crippen molar-refractivity contribution in [1.29, 1.82) is 5.26 Å². The predicted molar refractivity (Wildman–Crippen MR) is 107 cm³/mol. The monoisotopic (exact) mass is 383 g/mol. The zero-order valence-electron chi connectivity index (χ0n) is 16.3. The smallest absolute Gasteiger partial charge is 0.263 e. The Morgan fingerprint density at radius 1 is 1.11 bits per heavy atom. The quantitative estimate of drug-likeness (QED) is 0.798. The number of hydrogen-bond donors (Lipinski definition) is 1. The van der Waals surface area contributed by atoms with E-state index in [0.717, 1.165) is 11.1 Å². The third-order valence-corrected chi connectivity index (χ3v) is 4.38. The van der Waals surface area contributed by atoms with Crippen molar-refractivity contribution in [2.24, 2.45) is 7.05 Å². The lowest BCUT2D eigenvalue weighted by atomic mass is 10.1. The van der Waals surface area contributed by atoms with E-state index in [-0.39, 0.29) is 22.7 Å². The zero-order valence-corrected chi connectivity index (χ0v) is 16.3. The minimum absolute atomic E-state index is 0.0789. The van der Waals surface area contributed by atoms with Crippen molar-refractivity contribution in [3.63, 3.8) is 0 Å². The molecular formula is C22H23F2N3O. The molecule has 0 saturated heterocycles. The van der Waals surface area contributed by atoms with Crippen LogP contribution in [-0.4, -0.2) is 4.57 Å². The molecule has 1 N–H and O–H groups in total. The first kappa shape index (κ1) is 21.1. The van der Waals surface area contributed by atoms with Gasteiger partial charge in [0.05, 0.1) is 11.3 Å². The lowest BCUT2D eigenvalue weighted by Crippen LogP contribution is -2.16. The molecule has 2 rings (SSSR count). The summed E-state index contributed by atoms with van der Waals surface area (Å²) in [6.45, 7) is 5.59. The summed E-state index contributed by atoms with van der Waals surface area (Å²) >= 11 is 0. The van der Waals surface area contributed by atoms with Crippen molar-refractivity contribution in [1.82, 2.24) is 4.57 Å². The lowest BCUT2D eigenvalue weighted by molar-refractivity contribution is 0.151. The SMILES string of the molecule is Cc1cc(C(C)Nc2ccc(C(F)F)cc2C#N)cccn(C)c(=O)c(C)c1. The molecule has 146 valence electrons. The van der Waals surface area contributed by atoms with Crippen LogP contribution < -0.4 is 10.9 Å². The van der Waals surface area contributed by atoms with Gasteiger partial charge in [-0.2, -0.15) is 5.26 Å². The highest BCUT2D eigenvalue weighted by atomic mass is 19.3. The maximum absolute atomic E-state index is 12.9. The summed E-state index contributed by atoms with van der Waals surface area (Å²) in [5, 5.41) is 12.5. The van der Waals surface area contributed by atoms with Crippen LogP contribution in [0.5, 0.6) is 0 Å². The van der Waals surface area contributed by atoms with Gasteiger partial charge in [-0.05, 0) is 44.5 Å². The van der Waals surface area contributed by atoms with Gasteiger partial charge in [-0.25, -0.2) is 8.78 Å². The van der Waals surface area contributed by atoms with Crippen LogP contribution in [0.2, 0.25) is 0 Å². The van der Waals surface area contributed by atoms with E-state index in [1.165, 1.54) is 22.8 Å². The van der Waals surface area contributed by atoms with E-state index in [1.54, 1.807) is 26.2 Å². The fourth-order valence-electron chi connectivity index (χ4n) is 2.89. The molecular weight excluding hydrogens is 360 g/mol. The van der Waals surface area contributed by atoms with Crippen molar-refractivity contribution in [3.8, 4) is 6.07 Å². The number of nitrogens with zero attached hydrogens (tertiary/aromatic N) is 2. The van der Waals surface area contributed by atoms with Crippen molar-refractivity contribution >= 4 is 5.69 Å². The Hall–Kier alpha value is -3.20. The number of hydrogen-bond acceptors (Lipinski definition) is 3. The summed E-state index contributed by atoms with van der Waals surface area (Å²) in [5.74, 6) is 0. The first-order valence-electron chi connectivity index (χ1n) is 8.83. The summed E-state index contributed by atoms with van der Waals surface area (Å²) in [4.78, 5) is 12.2. The second-order valence-corrected chi connectivity index (χ2v) is 6.72. The summed E-state index contributed by atoms with van der Waals surface area (Å²) in [6.07, 6.45) is -0.941. The molecule has 0 amide bonds. The van der Waals surface area contributed by atoms with Crippen LogP contribution in [0, 0.1) is 25.2 Å². The van der Waals surface area contributed by atoms with Gasteiger partial charge in [-0.3, -0.25) is 4.79 Å². The fraction of sp³-hybridized carbons (Fsp3) is 0.273. The molecule has 2 aromatic rings. The van der Waals surface area contributed by atoms with E-state index in [9.17, 15) is 18.8 Å². The van der Waals surface area contributed by atoms with E-state index in [0.29, 0.717) is 11.3 Å². The van der Waals surface area contributed by atoms with Gasteiger partial charge in [-0.1, -0.05) is 29.8 Å². The molecule has 0 bridgehead atoms. The molecule has 1 atom stereocenters. The summed E-state index contributed by atoms with van der Waals surface area (Å²) < 4.78 is 27.2. The van der Waals surface area contributed by atoms with Crippen LogP contribution in [0.15, 0.2) is 53.5 Å². The largest absolute Gasteiger partial charge is 0.377 e. The highest BCUT2D eigenvalue weighted by Crippen LogP contribution is 2.27. The Morgan fingerprint density at radius 3 is 2.46 bits per heavy atom. The van der Waals surface area contributed by atoms with Crippen molar-refractivity contribution in [2.75, 3.05) is 5.32 Å². The summed E-state index contributed by atoms with van der Waals surface area (Å²) in [6, 6.07) is 13.2. The first-order chi connectivity index (χ1) is 13.2. The van der Waals surface area contributed by atoms with E-state index >= 15 is 0 Å². The van der Waals surface area contributed by atoms with Gasteiger partial charge in [-0.15, -0.1) is 0 Å². The third kappa shape index (κ3) is 5.17. The lowest BCUT2D eigenvalue weighted by Gasteiger charge is -2.17. The van der Waals surface area contributed by atoms with Crippen LogP contribution in [0.1, 0.15) is 47.2 Å². The van der Waals surface area contributed by atoms with Gasteiger partial charge >= 0.3 is 0 Å². The van der Waals surface area contributed by atoms with Gasteiger partial charge in [0.2, 0.25) is 0 Å². The van der Waals surface area contributed by atoms with Crippen LogP contribution in [0.3, 0.4) is 0 Å². The molecule has 1 aromatic heterocycles. The Morgan fingerprint density at radius 2 is 1.82 bits per heavy atom. The Labute approximate surface area is 163 Å². The topological polar surface area (TPSA) is 57.8 Å². The molecule has 0 radical (unpaired) electrons. The van der Waals surface area contributed by atoms with Gasteiger partial charge in [0.15, 0.2) is 0 Å². The molecule has 1 unspecified atom stereocenters. The molecule has 0 spiro atoms. The third-order valence-electron chi connectivity index (χ3n) is 4.38. The number of aryl methyl sites for hydroxylation is 3. The number of nitrogens with one attached hydrogen (secondary N) is 1. The summed E-state index contributed by atoms with van der Waals surface area (Å²) in [5.41, 5.74) is 2.85. The standard InChI is InChI=1S/C22H23F2N3O/c1-14-10-15(2)22(28)27(4)9-5-6-17(11-14)16(3)26-20-8-7-18(21(23)24)12-19(20)13-25/h5-12,16,21,26H,1-4H3. The van der Waals surface area contributed by atoms with E-state index in [4.69, 9.17) is 0 Å². The molecule has 4 nitrogen and oxygen atoms in total. The van der Waals surface area contributed by atoms with E-state index < -0.39 is 6.43 Å². The number of alkyl halides is 2. The number of rotatable bonds is 4. The average molecular weight is 383 g/mol. The molecule has 1 heterocycles. The van der Waals surface area contributed by atoms with Gasteiger partial charge < -0.3 is 9.88 Å². The second-order valence-electron chi connectivity index (χ2n) is 6.72. The highest BCUT2D eigenvalue weighted by Gasteiger charge is 2.13. The van der Waals surface area contributed by atoms with Gasteiger partial charge in [0.1, 0.15) is 6.07 Å². The summed E-state index contributed by atoms with van der Waals surface area (Å²) in [7, 11) is 1.69. The van der Waals surface area contributed by atoms with Crippen LogP contribution in [-0.2, 0) is 7.05 Å². The van der Waals surface area contributed by atoms with Gasteiger partial charge in [0, 0.05) is 30.4 Å². The molecule has 0 aliphatic carbocycles. The average Bonchev–Trinajstić information content (AvgIpc) is 2.65. The minimum Gasteiger partial charge on any atom is -0.377 e. The Bertz CT molecular complexity index is 1020. The van der Waals surface area contributed by atoms with Crippen molar-refractivity contribution < 1.29 is 8.78 Å². The number of aromatic nitrogens is 1. The molecule has 0 fully saturated rings. The van der Waals surface area contributed by atoms with E-state index in [1.807, 2.05) is 38.1 Å².